The topological polar surface area (TPSA) is 66.9 Å². The van der Waals surface area contributed by atoms with Gasteiger partial charge in [-0.15, -0.1) is 0 Å². The zero-order valence-electron chi connectivity index (χ0n) is 15.4. The highest BCUT2D eigenvalue weighted by atomic mass is 32.2. The highest BCUT2D eigenvalue weighted by molar-refractivity contribution is 7.91. The van der Waals surface area contributed by atoms with Crippen molar-refractivity contribution in [2.24, 2.45) is 0 Å². The van der Waals surface area contributed by atoms with E-state index in [-0.39, 0.29) is 29.5 Å². The van der Waals surface area contributed by atoms with E-state index in [1.807, 2.05) is 50.1 Å². The van der Waals surface area contributed by atoms with E-state index < -0.39 is 9.84 Å². The van der Waals surface area contributed by atoms with Gasteiger partial charge in [0.1, 0.15) is 12.4 Å². The van der Waals surface area contributed by atoms with Gasteiger partial charge in [0.15, 0.2) is 9.84 Å². The molecule has 1 fully saturated rings. The van der Waals surface area contributed by atoms with Gasteiger partial charge in [-0.05, 0) is 38.9 Å². The Hall–Kier alpha value is -1.60. The minimum absolute atomic E-state index is 0.0551. The molecule has 0 N–H and O–H groups in total. The summed E-state index contributed by atoms with van der Waals surface area (Å²) in [6.07, 6.45) is 0.525. The van der Waals surface area contributed by atoms with Crippen molar-refractivity contribution < 1.29 is 17.9 Å². The van der Waals surface area contributed by atoms with Crippen LogP contribution in [0.3, 0.4) is 0 Å². The van der Waals surface area contributed by atoms with Crippen LogP contribution in [0.4, 0.5) is 0 Å². The van der Waals surface area contributed by atoms with Crippen LogP contribution in [0.15, 0.2) is 24.3 Å². The van der Waals surface area contributed by atoms with Gasteiger partial charge in [0.2, 0.25) is 5.91 Å². The summed E-state index contributed by atoms with van der Waals surface area (Å²) >= 11 is 0. The number of sulfone groups is 1. The summed E-state index contributed by atoms with van der Waals surface area (Å²) in [6, 6.07) is 7.29. The highest BCUT2D eigenvalue weighted by Gasteiger charge is 2.34. The number of carbonyl (C=O) groups is 1. The zero-order valence-corrected chi connectivity index (χ0v) is 16.3. The number of ether oxygens (including phenoxy) is 1. The summed E-state index contributed by atoms with van der Waals surface area (Å²) in [7, 11) is 0.578. The molecule has 1 saturated heterocycles. The van der Waals surface area contributed by atoms with Crippen LogP contribution >= 0.6 is 0 Å². The molecule has 25 heavy (non-hydrogen) atoms. The highest BCUT2D eigenvalue weighted by Crippen LogP contribution is 2.18. The molecule has 1 amide bonds. The van der Waals surface area contributed by atoms with E-state index >= 15 is 0 Å². The Morgan fingerprint density at radius 1 is 1.32 bits per heavy atom. The van der Waals surface area contributed by atoms with Gasteiger partial charge in [-0.1, -0.05) is 18.2 Å². The van der Waals surface area contributed by atoms with E-state index in [0.29, 0.717) is 19.6 Å². The second kappa shape index (κ2) is 8.19. The minimum Gasteiger partial charge on any atom is -0.492 e. The third-order valence-corrected chi connectivity index (χ3v) is 6.67. The van der Waals surface area contributed by atoms with Crippen LogP contribution in [0.25, 0.3) is 0 Å². The average Bonchev–Trinajstić information content (AvgIpc) is 2.94. The van der Waals surface area contributed by atoms with Gasteiger partial charge in [0.25, 0.3) is 0 Å². The van der Waals surface area contributed by atoms with Gasteiger partial charge in [-0.3, -0.25) is 9.69 Å². The van der Waals surface area contributed by atoms with Gasteiger partial charge in [-0.25, -0.2) is 8.42 Å². The maximum absolute atomic E-state index is 12.6. The lowest BCUT2D eigenvalue weighted by Gasteiger charge is -2.31. The Morgan fingerprint density at radius 3 is 2.60 bits per heavy atom. The number of aryl methyl sites for hydroxylation is 1. The summed E-state index contributed by atoms with van der Waals surface area (Å²) in [5, 5.41) is 0. The number of nitrogens with zero attached hydrogens (tertiary/aromatic N) is 2. The number of hydrogen-bond acceptors (Lipinski definition) is 5. The molecule has 6 nitrogen and oxygen atoms in total. The molecule has 1 aliphatic rings. The van der Waals surface area contributed by atoms with E-state index in [1.165, 1.54) is 0 Å². The quantitative estimate of drug-likeness (QED) is 0.727. The van der Waals surface area contributed by atoms with Gasteiger partial charge >= 0.3 is 0 Å². The number of likely N-dealkylation sites (N-methyl/N-ethyl adjacent to an activating group) is 2. The van der Waals surface area contributed by atoms with Crippen molar-refractivity contribution >= 4 is 15.7 Å². The van der Waals surface area contributed by atoms with Crippen LogP contribution in [0.5, 0.6) is 5.75 Å². The van der Waals surface area contributed by atoms with Crippen LogP contribution in [0.2, 0.25) is 0 Å². The van der Waals surface area contributed by atoms with Crippen molar-refractivity contribution in [1.29, 1.82) is 0 Å². The fourth-order valence-corrected chi connectivity index (χ4v) is 4.73. The third-order valence-electron chi connectivity index (χ3n) is 4.92. The Labute approximate surface area is 150 Å². The molecule has 7 heteroatoms. The van der Waals surface area contributed by atoms with Crippen LogP contribution in [-0.2, 0) is 14.6 Å². The molecule has 0 saturated carbocycles. The number of carbonyl (C=O) groups excluding carboxylic acids is 1. The summed E-state index contributed by atoms with van der Waals surface area (Å²) in [5.41, 5.74) is 1.08. The molecule has 0 radical (unpaired) electrons. The monoisotopic (exact) mass is 368 g/mol. The SMILES string of the molecule is Cc1ccccc1OCCN(C)[C@H](C)C(=O)N(C)[C@@H]1CCS(=O)(=O)C1. The Balaban J connectivity index is 1.83. The number of para-hydroxylation sites is 1. The Kier molecular flexibility index (Phi) is 6.46. The molecule has 1 aliphatic heterocycles. The summed E-state index contributed by atoms with van der Waals surface area (Å²) in [5.74, 6) is 1.04. The first-order chi connectivity index (χ1) is 11.7. The molecule has 140 valence electrons. The Bertz CT molecular complexity index is 705. The van der Waals surface area contributed by atoms with E-state index in [1.54, 1.807) is 11.9 Å². The third kappa shape index (κ3) is 5.19. The van der Waals surface area contributed by atoms with E-state index in [2.05, 4.69) is 0 Å². The van der Waals surface area contributed by atoms with Crippen LogP contribution in [-0.4, -0.2) is 75.0 Å². The van der Waals surface area contributed by atoms with Crippen LogP contribution < -0.4 is 4.74 Å². The lowest BCUT2D eigenvalue weighted by Crippen LogP contribution is -2.49. The van der Waals surface area contributed by atoms with Gasteiger partial charge in [0.05, 0.1) is 17.5 Å². The van der Waals surface area contributed by atoms with Crippen molar-refractivity contribution in [2.75, 3.05) is 38.8 Å². The predicted molar refractivity (Wildman–Crippen MR) is 98.6 cm³/mol. The van der Waals surface area contributed by atoms with Crippen LogP contribution in [0.1, 0.15) is 18.9 Å². The van der Waals surface area contributed by atoms with E-state index in [0.717, 1.165) is 11.3 Å². The van der Waals surface area contributed by atoms with Crippen molar-refractivity contribution in [3.8, 4) is 5.75 Å². The maximum atomic E-state index is 12.6. The zero-order chi connectivity index (χ0) is 18.6. The number of rotatable bonds is 7. The largest absolute Gasteiger partial charge is 0.492 e. The second-order valence-corrected chi connectivity index (χ2v) is 9.01. The van der Waals surface area contributed by atoms with Gasteiger partial charge in [-0.2, -0.15) is 0 Å². The van der Waals surface area contributed by atoms with Gasteiger partial charge < -0.3 is 9.64 Å². The minimum atomic E-state index is -3.00. The molecule has 2 rings (SSSR count). The van der Waals surface area contributed by atoms with E-state index in [9.17, 15) is 13.2 Å². The molecular formula is C18H28N2O4S. The predicted octanol–water partition coefficient (Wildman–Crippen LogP) is 1.34. The molecule has 0 aliphatic carbocycles. The summed E-state index contributed by atoms with van der Waals surface area (Å²) in [4.78, 5) is 16.1. The smallest absolute Gasteiger partial charge is 0.239 e. The molecule has 0 unspecified atom stereocenters. The molecule has 1 heterocycles. The Morgan fingerprint density at radius 2 is 2.00 bits per heavy atom. The van der Waals surface area contributed by atoms with Gasteiger partial charge in [0, 0.05) is 19.6 Å². The molecule has 1 aromatic carbocycles. The standard InChI is InChI=1S/C18H28N2O4S/c1-14-7-5-6-8-17(14)24-11-10-19(3)15(2)18(21)20(4)16-9-12-25(22,23)13-16/h5-8,15-16H,9-13H2,1-4H3/t15-,16-/m1/s1. The van der Waals surface area contributed by atoms with Crippen molar-refractivity contribution in [2.45, 2.75) is 32.4 Å². The van der Waals surface area contributed by atoms with Crippen molar-refractivity contribution in [1.82, 2.24) is 9.80 Å². The van der Waals surface area contributed by atoms with E-state index in [4.69, 9.17) is 4.74 Å². The maximum Gasteiger partial charge on any atom is 0.239 e. The molecule has 0 spiro atoms. The molecule has 1 aromatic rings. The first-order valence-electron chi connectivity index (χ1n) is 8.57. The normalized spacial score (nSPS) is 20.4. The lowest BCUT2D eigenvalue weighted by atomic mass is 10.2. The average molecular weight is 368 g/mol. The van der Waals surface area contributed by atoms with Crippen LogP contribution in [0, 0.1) is 6.92 Å². The number of benzene rings is 1. The first-order valence-corrected chi connectivity index (χ1v) is 10.4. The fraction of sp³-hybridized carbons (Fsp3) is 0.611. The van der Waals surface area contributed by atoms with Crippen molar-refractivity contribution in [3.63, 3.8) is 0 Å². The summed E-state index contributed by atoms with van der Waals surface area (Å²) < 4.78 is 29.0. The lowest BCUT2D eigenvalue weighted by molar-refractivity contribution is -0.136. The number of hydrogen-bond donors (Lipinski definition) is 0. The second-order valence-electron chi connectivity index (χ2n) is 6.78. The first kappa shape index (κ1) is 19.7. The molecule has 0 bridgehead atoms. The molecule has 2 atom stereocenters. The molecule has 0 aromatic heterocycles. The molecular weight excluding hydrogens is 340 g/mol. The number of amides is 1. The summed E-state index contributed by atoms with van der Waals surface area (Å²) in [6.45, 7) is 4.93. The van der Waals surface area contributed by atoms with Crippen molar-refractivity contribution in [3.05, 3.63) is 29.8 Å². The fourth-order valence-electron chi connectivity index (χ4n) is 2.96.